The summed E-state index contributed by atoms with van der Waals surface area (Å²) in [5.41, 5.74) is 0. The summed E-state index contributed by atoms with van der Waals surface area (Å²) in [6, 6.07) is 4.39. The summed E-state index contributed by atoms with van der Waals surface area (Å²) in [5, 5.41) is 3.38. The Hall–Kier alpha value is -0.420. The average Bonchev–Trinajstić information content (AvgIpc) is 2.76. The third kappa shape index (κ3) is 4.61. The zero-order chi connectivity index (χ0) is 11.8. The molecule has 0 saturated carbocycles. The lowest BCUT2D eigenvalue weighted by Gasteiger charge is -2.14. The SMILES string of the molecule is CCc1ccc(CNCC(COC)OC)s1. The summed E-state index contributed by atoms with van der Waals surface area (Å²) >= 11 is 1.87. The highest BCUT2D eigenvalue weighted by Gasteiger charge is 2.06. The van der Waals surface area contributed by atoms with E-state index in [1.807, 2.05) is 11.3 Å². The van der Waals surface area contributed by atoms with Crippen LogP contribution in [0.1, 0.15) is 16.7 Å². The quantitative estimate of drug-likeness (QED) is 0.758. The fourth-order valence-corrected chi connectivity index (χ4v) is 2.39. The second-order valence-electron chi connectivity index (χ2n) is 3.67. The smallest absolute Gasteiger partial charge is 0.0928 e. The Morgan fingerprint density at radius 2 is 2.06 bits per heavy atom. The molecule has 1 rings (SSSR count). The van der Waals surface area contributed by atoms with Crippen LogP contribution in [0.2, 0.25) is 0 Å². The standard InChI is InChI=1S/C12H21NO2S/c1-4-11-5-6-12(16-11)8-13-7-10(15-3)9-14-2/h5-6,10,13H,4,7-9H2,1-3H3. The molecule has 4 heteroatoms. The molecular formula is C12H21NO2S. The summed E-state index contributed by atoms with van der Waals surface area (Å²) < 4.78 is 10.3. The molecule has 92 valence electrons. The van der Waals surface area contributed by atoms with E-state index in [0.717, 1.165) is 19.5 Å². The molecule has 0 fully saturated rings. The maximum absolute atomic E-state index is 5.27. The van der Waals surface area contributed by atoms with Crippen LogP contribution in [-0.2, 0) is 22.4 Å². The van der Waals surface area contributed by atoms with E-state index >= 15 is 0 Å². The summed E-state index contributed by atoms with van der Waals surface area (Å²) in [4.78, 5) is 2.82. The summed E-state index contributed by atoms with van der Waals surface area (Å²) in [6.45, 7) is 4.55. The van der Waals surface area contributed by atoms with Gasteiger partial charge in [0.1, 0.15) is 0 Å². The summed E-state index contributed by atoms with van der Waals surface area (Å²) in [7, 11) is 3.41. The van der Waals surface area contributed by atoms with E-state index in [0.29, 0.717) is 6.61 Å². The molecule has 1 aromatic rings. The minimum Gasteiger partial charge on any atom is -0.382 e. The maximum atomic E-state index is 5.27. The number of hydrogen-bond donors (Lipinski definition) is 1. The third-order valence-electron chi connectivity index (χ3n) is 2.42. The minimum absolute atomic E-state index is 0.135. The molecule has 1 unspecified atom stereocenters. The van der Waals surface area contributed by atoms with Crippen molar-refractivity contribution in [3.8, 4) is 0 Å². The van der Waals surface area contributed by atoms with E-state index < -0.39 is 0 Å². The molecule has 0 spiro atoms. The second kappa shape index (κ2) is 7.79. The van der Waals surface area contributed by atoms with E-state index in [1.165, 1.54) is 9.75 Å². The normalized spacial score (nSPS) is 12.9. The van der Waals surface area contributed by atoms with Crippen molar-refractivity contribution in [3.05, 3.63) is 21.9 Å². The maximum Gasteiger partial charge on any atom is 0.0928 e. The fourth-order valence-electron chi connectivity index (χ4n) is 1.46. The second-order valence-corrected chi connectivity index (χ2v) is 4.92. The van der Waals surface area contributed by atoms with Crippen molar-refractivity contribution in [3.63, 3.8) is 0 Å². The first-order valence-corrected chi connectivity index (χ1v) is 6.41. The molecule has 0 aliphatic carbocycles. The first-order valence-electron chi connectivity index (χ1n) is 5.60. The number of rotatable bonds is 8. The minimum atomic E-state index is 0.135. The van der Waals surface area contributed by atoms with E-state index in [-0.39, 0.29) is 6.10 Å². The fraction of sp³-hybridized carbons (Fsp3) is 0.667. The Balaban J connectivity index is 2.23. The van der Waals surface area contributed by atoms with Crippen LogP contribution in [0.5, 0.6) is 0 Å². The van der Waals surface area contributed by atoms with Crippen molar-refractivity contribution >= 4 is 11.3 Å². The van der Waals surface area contributed by atoms with Crippen molar-refractivity contribution in [2.45, 2.75) is 26.0 Å². The van der Waals surface area contributed by atoms with Gasteiger partial charge in [-0.3, -0.25) is 0 Å². The highest BCUT2D eigenvalue weighted by molar-refractivity contribution is 7.11. The van der Waals surface area contributed by atoms with Crippen LogP contribution in [0.15, 0.2) is 12.1 Å². The lowest BCUT2D eigenvalue weighted by atomic mass is 10.3. The molecule has 0 aromatic carbocycles. The zero-order valence-electron chi connectivity index (χ0n) is 10.3. The monoisotopic (exact) mass is 243 g/mol. The Bertz CT molecular complexity index is 288. The molecule has 0 radical (unpaired) electrons. The van der Waals surface area contributed by atoms with Crippen molar-refractivity contribution in [2.75, 3.05) is 27.4 Å². The number of ether oxygens (including phenoxy) is 2. The molecule has 1 N–H and O–H groups in total. The lowest BCUT2D eigenvalue weighted by Crippen LogP contribution is -2.31. The first kappa shape index (κ1) is 13.6. The number of thiophene rings is 1. The van der Waals surface area contributed by atoms with E-state index in [9.17, 15) is 0 Å². The van der Waals surface area contributed by atoms with Gasteiger partial charge in [0.15, 0.2) is 0 Å². The molecule has 0 aliphatic heterocycles. The third-order valence-corrected chi connectivity index (χ3v) is 3.65. The average molecular weight is 243 g/mol. The van der Waals surface area contributed by atoms with Crippen LogP contribution in [-0.4, -0.2) is 33.5 Å². The molecular weight excluding hydrogens is 222 g/mol. The van der Waals surface area contributed by atoms with Gasteiger partial charge in [-0.05, 0) is 18.6 Å². The molecule has 16 heavy (non-hydrogen) atoms. The van der Waals surface area contributed by atoms with Crippen molar-refractivity contribution in [1.29, 1.82) is 0 Å². The van der Waals surface area contributed by atoms with Crippen molar-refractivity contribution < 1.29 is 9.47 Å². The summed E-state index contributed by atoms with van der Waals surface area (Å²) in [6.07, 6.45) is 1.25. The van der Waals surface area contributed by atoms with Gasteiger partial charge in [0.05, 0.1) is 12.7 Å². The van der Waals surface area contributed by atoms with E-state index in [4.69, 9.17) is 9.47 Å². The predicted octanol–water partition coefficient (Wildman–Crippen LogP) is 2.06. The van der Waals surface area contributed by atoms with Crippen molar-refractivity contribution in [1.82, 2.24) is 5.32 Å². The summed E-state index contributed by atoms with van der Waals surface area (Å²) in [5.74, 6) is 0. The molecule has 1 heterocycles. The molecule has 0 aliphatic rings. The Morgan fingerprint density at radius 1 is 1.31 bits per heavy atom. The molecule has 0 bridgehead atoms. The highest BCUT2D eigenvalue weighted by Crippen LogP contribution is 2.16. The van der Waals surface area contributed by atoms with Crippen LogP contribution in [0.25, 0.3) is 0 Å². The largest absolute Gasteiger partial charge is 0.382 e. The first-order chi connectivity index (χ1) is 7.80. The zero-order valence-corrected chi connectivity index (χ0v) is 11.1. The molecule has 1 atom stereocenters. The Labute approximate surface area is 102 Å². The Morgan fingerprint density at radius 3 is 2.62 bits per heavy atom. The van der Waals surface area contributed by atoms with E-state index in [1.54, 1.807) is 14.2 Å². The van der Waals surface area contributed by atoms with Gasteiger partial charge in [0, 0.05) is 37.1 Å². The number of aryl methyl sites for hydroxylation is 1. The van der Waals surface area contributed by atoms with Crippen LogP contribution in [0.3, 0.4) is 0 Å². The van der Waals surface area contributed by atoms with Gasteiger partial charge in [0.2, 0.25) is 0 Å². The van der Waals surface area contributed by atoms with Gasteiger partial charge in [0.25, 0.3) is 0 Å². The lowest BCUT2D eigenvalue weighted by molar-refractivity contribution is 0.0288. The van der Waals surface area contributed by atoms with Gasteiger partial charge >= 0.3 is 0 Å². The van der Waals surface area contributed by atoms with E-state index in [2.05, 4.69) is 24.4 Å². The van der Waals surface area contributed by atoms with Crippen LogP contribution >= 0.6 is 11.3 Å². The molecule has 0 amide bonds. The topological polar surface area (TPSA) is 30.5 Å². The van der Waals surface area contributed by atoms with Crippen molar-refractivity contribution in [2.24, 2.45) is 0 Å². The van der Waals surface area contributed by atoms with Gasteiger partial charge in [-0.15, -0.1) is 11.3 Å². The van der Waals surface area contributed by atoms with Crippen LogP contribution in [0.4, 0.5) is 0 Å². The number of methoxy groups -OCH3 is 2. The number of nitrogens with one attached hydrogen (secondary N) is 1. The van der Waals surface area contributed by atoms with Crippen LogP contribution in [0, 0.1) is 0 Å². The highest BCUT2D eigenvalue weighted by atomic mass is 32.1. The Kier molecular flexibility index (Phi) is 6.64. The van der Waals surface area contributed by atoms with Gasteiger partial charge in [-0.1, -0.05) is 6.92 Å². The number of hydrogen-bond acceptors (Lipinski definition) is 4. The van der Waals surface area contributed by atoms with Gasteiger partial charge < -0.3 is 14.8 Å². The molecule has 0 saturated heterocycles. The van der Waals surface area contributed by atoms with Crippen LogP contribution < -0.4 is 5.32 Å². The molecule has 1 aromatic heterocycles. The van der Waals surface area contributed by atoms with Gasteiger partial charge in [-0.25, -0.2) is 0 Å². The van der Waals surface area contributed by atoms with Gasteiger partial charge in [-0.2, -0.15) is 0 Å². The molecule has 3 nitrogen and oxygen atoms in total. The predicted molar refractivity (Wildman–Crippen MR) is 68.1 cm³/mol.